The standard InChI is InChI=1S/C14H26N2O2/c17-14(12-7-8-15-11-12)16-9-10-18-13-5-3-1-2-4-6-13/h12-13,15H,1-11H2,(H,16,17). The molecule has 0 radical (unpaired) electrons. The van der Waals surface area contributed by atoms with Crippen LogP contribution in [0, 0.1) is 5.92 Å². The van der Waals surface area contributed by atoms with Crippen molar-refractivity contribution in [3.8, 4) is 0 Å². The van der Waals surface area contributed by atoms with E-state index in [0.717, 1.165) is 19.5 Å². The summed E-state index contributed by atoms with van der Waals surface area (Å²) in [6, 6.07) is 0. The lowest BCUT2D eigenvalue weighted by Gasteiger charge is -2.16. The molecule has 0 spiro atoms. The highest BCUT2D eigenvalue weighted by Crippen LogP contribution is 2.19. The first-order valence-corrected chi connectivity index (χ1v) is 7.46. The Hall–Kier alpha value is -0.610. The molecule has 4 heteroatoms. The zero-order valence-electron chi connectivity index (χ0n) is 11.2. The van der Waals surface area contributed by atoms with Gasteiger partial charge in [0.05, 0.1) is 18.6 Å². The number of carbonyl (C=O) groups excluding carboxylic acids is 1. The van der Waals surface area contributed by atoms with Crippen molar-refractivity contribution in [2.75, 3.05) is 26.2 Å². The fourth-order valence-electron chi connectivity index (χ4n) is 2.83. The highest BCUT2D eigenvalue weighted by molar-refractivity contribution is 5.79. The highest BCUT2D eigenvalue weighted by Gasteiger charge is 2.21. The summed E-state index contributed by atoms with van der Waals surface area (Å²) in [4.78, 5) is 11.7. The molecule has 2 N–H and O–H groups in total. The van der Waals surface area contributed by atoms with Crippen molar-refractivity contribution in [1.82, 2.24) is 10.6 Å². The van der Waals surface area contributed by atoms with Crippen molar-refractivity contribution in [1.29, 1.82) is 0 Å². The number of carbonyl (C=O) groups is 1. The van der Waals surface area contributed by atoms with E-state index in [4.69, 9.17) is 4.74 Å². The van der Waals surface area contributed by atoms with E-state index in [9.17, 15) is 4.79 Å². The third-order valence-corrected chi connectivity index (χ3v) is 3.99. The van der Waals surface area contributed by atoms with E-state index in [-0.39, 0.29) is 11.8 Å². The van der Waals surface area contributed by atoms with Crippen LogP contribution in [0.1, 0.15) is 44.9 Å². The first kappa shape index (κ1) is 13.8. The van der Waals surface area contributed by atoms with Crippen LogP contribution in [0.3, 0.4) is 0 Å². The van der Waals surface area contributed by atoms with Crippen LogP contribution in [0.4, 0.5) is 0 Å². The van der Waals surface area contributed by atoms with Crippen molar-refractivity contribution in [2.24, 2.45) is 5.92 Å². The summed E-state index contributed by atoms with van der Waals surface area (Å²) in [7, 11) is 0. The molecule has 0 aromatic rings. The lowest BCUT2D eigenvalue weighted by Crippen LogP contribution is -2.34. The molecule has 1 aliphatic carbocycles. The molecule has 1 heterocycles. The molecule has 18 heavy (non-hydrogen) atoms. The fraction of sp³-hybridized carbons (Fsp3) is 0.929. The maximum Gasteiger partial charge on any atom is 0.224 e. The van der Waals surface area contributed by atoms with Gasteiger partial charge in [0.2, 0.25) is 5.91 Å². The van der Waals surface area contributed by atoms with Crippen molar-refractivity contribution in [3.63, 3.8) is 0 Å². The molecule has 1 unspecified atom stereocenters. The van der Waals surface area contributed by atoms with E-state index in [1.54, 1.807) is 0 Å². The van der Waals surface area contributed by atoms with E-state index < -0.39 is 0 Å². The molecule has 2 rings (SSSR count). The maximum atomic E-state index is 11.7. The van der Waals surface area contributed by atoms with Crippen LogP contribution < -0.4 is 10.6 Å². The molecule has 0 bridgehead atoms. The van der Waals surface area contributed by atoms with Crippen LogP contribution in [0.5, 0.6) is 0 Å². The van der Waals surface area contributed by atoms with Gasteiger partial charge in [0.25, 0.3) is 0 Å². The minimum Gasteiger partial charge on any atom is -0.376 e. The van der Waals surface area contributed by atoms with Crippen molar-refractivity contribution >= 4 is 5.91 Å². The average Bonchev–Trinajstić information content (AvgIpc) is 2.80. The van der Waals surface area contributed by atoms with Crippen LogP contribution in [0.15, 0.2) is 0 Å². The molecular weight excluding hydrogens is 228 g/mol. The molecule has 1 saturated heterocycles. The zero-order valence-corrected chi connectivity index (χ0v) is 11.2. The predicted molar refractivity (Wildman–Crippen MR) is 71.4 cm³/mol. The number of amides is 1. The van der Waals surface area contributed by atoms with Gasteiger partial charge in [-0.2, -0.15) is 0 Å². The third kappa shape index (κ3) is 4.58. The second-order valence-electron chi connectivity index (χ2n) is 5.47. The predicted octanol–water partition coefficient (Wildman–Crippen LogP) is 1.45. The molecule has 1 atom stereocenters. The molecule has 1 aliphatic heterocycles. The first-order valence-electron chi connectivity index (χ1n) is 7.46. The van der Waals surface area contributed by atoms with E-state index in [0.29, 0.717) is 19.3 Å². The average molecular weight is 254 g/mol. The number of ether oxygens (including phenoxy) is 1. The van der Waals surface area contributed by atoms with Gasteiger partial charge < -0.3 is 15.4 Å². The number of nitrogens with one attached hydrogen (secondary N) is 2. The SMILES string of the molecule is O=C(NCCOC1CCCCCC1)C1CCNC1. The van der Waals surface area contributed by atoms with Crippen molar-refractivity contribution in [3.05, 3.63) is 0 Å². The maximum absolute atomic E-state index is 11.7. The Kier molecular flexibility index (Phi) is 5.94. The van der Waals surface area contributed by atoms with Gasteiger partial charge in [0.15, 0.2) is 0 Å². The largest absolute Gasteiger partial charge is 0.376 e. The first-order chi connectivity index (χ1) is 8.86. The van der Waals surface area contributed by atoms with E-state index >= 15 is 0 Å². The second kappa shape index (κ2) is 7.74. The molecule has 104 valence electrons. The Morgan fingerprint density at radius 2 is 1.94 bits per heavy atom. The molecule has 0 aromatic heterocycles. The van der Waals surface area contributed by atoms with Gasteiger partial charge in [-0.05, 0) is 25.8 Å². The van der Waals surface area contributed by atoms with Crippen LogP contribution in [-0.2, 0) is 9.53 Å². The normalized spacial score (nSPS) is 25.9. The summed E-state index contributed by atoms with van der Waals surface area (Å²) in [5.41, 5.74) is 0. The molecule has 0 aromatic carbocycles. The monoisotopic (exact) mass is 254 g/mol. The summed E-state index contributed by atoms with van der Waals surface area (Å²) in [5, 5.41) is 6.19. The Balaban J connectivity index is 1.53. The van der Waals surface area contributed by atoms with E-state index in [1.165, 1.54) is 38.5 Å². The fourth-order valence-corrected chi connectivity index (χ4v) is 2.83. The van der Waals surface area contributed by atoms with Crippen molar-refractivity contribution < 1.29 is 9.53 Å². The summed E-state index contributed by atoms with van der Waals surface area (Å²) in [6.07, 6.45) is 9.08. The molecule has 2 fully saturated rings. The van der Waals surface area contributed by atoms with Crippen LogP contribution in [0.25, 0.3) is 0 Å². The van der Waals surface area contributed by atoms with Crippen molar-refractivity contribution in [2.45, 2.75) is 51.0 Å². The van der Waals surface area contributed by atoms with Gasteiger partial charge in [-0.3, -0.25) is 4.79 Å². The number of rotatable bonds is 5. The topological polar surface area (TPSA) is 50.4 Å². The third-order valence-electron chi connectivity index (χ3n) is 3.99. The van der Waals surface area contributed by atoms with Gasteiger partial charge in [-0.1, -0.05) is 25.7 Å². The minimum atomic E-state index is 0.169. The molecule has 1 amide bonds. The quantitative estimate of drug-likeness (QED) is 0.577. The van der Waals surface area contributed by atoms with Gasteiger partial charge in [0, 0.05) is 13.1 Å². The van der Waals surface area contributed by atoms with Gasteiger partial charge in [0.1, 0.15) is 0 Å². The lowest BCUT2D eigenvalue weighted by molar-refractivity contribution is -0.124. The molecule has 1 saturated carbocycles. The Labute approximate surface area is 110 Å². The zero-order chi connectivity index (χ0) is 12.6. The van der Waals surface area contributed by atoms with Crippen LogP contribution in [-0.4, -0.2) is 38.3 Å². The lowest BCUT2D eigenvalue weighted by atomic mass is 10.1. The number of hydrogen-bond donors (Lipinski definition) is 2. The molecule has 4 nitrogen and oxygen atoms in total. The van der Waals surface area contributed by atoms with Crippen LogP contribution >= 0.6 is 0 Å². The van der Waals surface area contributed by atoms with E-state index in [1.807, 2.05) is 0 Å². The Morgan fingerprint density at radius 3 is 2.61 bits per heavy atom. The van der Waals surface area contributed by atoms with Gasteiger partial charge in [-0.15, -0.1) is 0 Å². The summed E-state index contributed by atoms with van der Waals surface area (Å²) in [6.45, 7) is 3.12. The molecular formula is C14H26N2O2. The van der Waals surface area contributed by atoms with Crippen LogP contribution in [0.2, 0.25) is 0 Å². The second-order valence-corrected chi connectivity index (χ2v) is 5.47. The Morgan fingerprint density at radius 1 is 1.17 bits per heavy atom. The Bertz CT molecular complexity index is 244. The smallest absolute Gasteiger partial charge is 0.224 e. The minimum absolute atomic E-state index is 0.169. The van der Waals surface area contributed by atoms with E-state index in [2.05, 4.69) is 10.6 Å². The number of hydrogen-bond acceptors (Lipinski definition) is 3. The summed E-state index contributed by atoms with van der Waals surface area (Å²) >= 11 is 0. The van der Waals surface area contributed by atoms with Gasteiger partial charge in [-0.25, -0.2) is 0 Å². The summed E-state index contributed by atoms with van der Waals surface area (Å²) in [5.74, 6) is 0.354. The summed E-state index contributed by atoms with van der Waals surface area (Å²) < 4.78 is 5.85. The highest BCUT2D eigenvalue weighted by atomic mass is 16.5. The molecule has 2 aliphatic rings. The van der Waals surface area contributed by atoms with Gasteiger partial charge >= 0.3 is 0 Å².